The molecule has 3 rings (SSSR count). The van der Waals surface area contributed by atoms with Gasteiger partial charge in [-0.15, -0.1) is 0 Å². The smallest absolute Gasteiger partial charge is 0.262 e. The van der Waals surface area contributed by atoms with E-state index in [-0.39, 0.29) is 30.4 Å². The molecular formula is C17H20N2O3. The summed E-state index contributed by atoms with van der Waals surface area (Å²) in [6, 6.07) is 5.50. The number of hydrogen-bond acceptors (Lipinski definition) is 3. The molecule has 1 aliphatic carbocycles. The van der Waals surface area contributed by atoms with Crippen LogP contribution in [0.3, 0.4) is 0 Å². The first-order chi connectivity index (χ1) is 10.6. The number of carbonyl (C=O) groups is 2. The zero-order chi connectivity index (χ0) is 15.5. The number of anilines is 1. The maximum Gasteiger partial charge on any atom is 0.262 e. The van der Waals surface area contributed by atoms with Gasteiger partial charge >= 0.3 is 0 Å². The molecule has 2 aliphatic rings. The quantitative estimate of drug-likeness (QED) is 0.843. The molecule has 2 amide bonds. The Bertz CT molecular complexity index is 624. The van der Waals surface area contributed by atoms with Crippen LogP contribution in [0.1, 0.15) is 37.8 Å². The molecule has 0 saturated heterocycles. The fourth-order valence-electron chi connectivity index (χ4n) is 2.82. The normalized spacial score (nSPS) is 21.3. The molecule has 1 aromatic rings. The van der Waals surface area contributed by atoms with Crippen LogP contribution in [0, 0.1) is 5.92 Å². The second-order valence-electron chi connectivity index (χ2n) is 5.80. The van der Waals surface area contributed by atoms with Crippen LogP contribution in [0.4, 0.5) is 5.69 Å². The summed E-state index contributed by atoms with van der Waals surface area (Å²) >= 11 is 0. The number of carbonyl (C=O) groups excluding carboxylic acids is 2. The number of benzene rings is 1. The first kappa shape index (κ1) is 14.6. The minimum Gasteiger partial charge on any atom is -0.482 e. The zero-order valence-electron chi connectivity index (χ0n) is 12.6. The van der Waals surface area contributed by atoms with Gasteiger partial charge in [0.2, 0.25) is 5.91 Å². The monoisotopic (exact) mass is 300 g/mol. The second kappa shape index (κ2) is 6.22. The number of allylic oxidation sites excluding steroid dienone is 2. The largest absolute Gasteiger partial charge is 0.482 e. The van der Waals surface area contributed by atoms with Crippen LogP contribution in [0.25, 0.3) is 0 Å². The Hall–Kier alpha value is -2.30. The molecule has 2 atom stereocenters. The minimum atomic E-state index is -0.157. The van der Waals surface area contributed by atoms with Crippen molar-refractivity contribution in [2.45, 2.75) is 32.2 Å². The average molecular weight is 300 g/mol. The maximum absolute atomic E-state index is 12.3. The lowest BCUT2D eigenvalue weighted by Crippen LogP contribution is -2.33. The highest BCUT2D eigenvalue weighted by molar-refractivity contribution is 5.95. The second-order valence-corrected chi connectivity index (χ2v) is 5.80. The molecule has 0 unspecified atom stereocenters. The Balaban J connectivity index is 1.68. The molecule has 1 aliphatic heterocycles. The van der Waals surface area contributed by atoms with Crippen molar-refractivity contribution >= 4 is 17.5 Å². The van der Waals surface area contributed by atoms with Crippen LogP contribution in [-0.4, -0.2) is 18.4 Å². The van der Waals surface area contributed by atoms with Gasteiger partial charge in [-0.25, -0.2) is 0 Å². The average Bonchev–Trinajstić information content (AvgIpc) is 2.54. The molecule has 0 saturated carbocycles. The molecule has 1 heterocycles. The van der Waals surface area contributed by atoms with Gasteiger partial charge in [0.05, 0.1) is 11.7 Å². The first-order valence-corrected chi connectivity index (χ1v) is 7.65. The van der Waals surface area contributed by atoms with Crippen molar-refractivity contribution < 1.29 is 14.3 Å². The summed E-state index contributed by atoms with van der Waals surface area (Å²) in [7, 11) is 0. The van der Waals surface area contributed by atoms with Crippen molar-refractivity contribution in [1.29, 1.82) is 0 Å². The lowest BCUT2D eigenvalue weighted by Gasteiger charge is -2.23. The molecule has 0 fully saturated rings. The van der Waals surface area contributed by atoms with Crippen LogP contribution >= 0.6 is 0 Å². The summed E-state index contributed by atoms with van der Waals surface area (Å²) in [5.41, 5.74) is 1.61. The zero-order valence-corrected chi connectivity index (χ0v) is 12.6. The van der Waals surface area contributed by atoms with Crippen LogP contribution in [0.5, 0.6) is 5.75 Å². The van der Waals surface area contributed by atoms with E-state index in [1.54, 1.807) is 0 Å². The van der Waals surface area contributed by atoms with E-state index in [1.165, 1.54) is 0 Å². The van der Waals surface area contributed by atoms with Crippen LogP contribution in [-0.2, 0) is 9.59 Å². The van der Waals surface area contributed by atoms with Gasteiger partial charge in [0.15, 0.2) is 6.61 Å². The summed E-state index contributed by atoms with van der Waals surface area (Å²) in [6.45, 7) is 2.00. The molecule has 5 heteroatoms. The molecule has 1 aromatic carbocycles. The third kappa shape index (κ3) is 3.13. The summed E-state index contributed by atoms with van der Waals surface area (Å²) in [5, 5.41) is 5.84. The standard InChI is InChI=1S/C17H20N2O3/c1-11(18-17(21)12-5-3-2-4-6-12)13-7-8-15-14(9-13)19-16(20)10-22-15/h2-3,7-9,11-12H,4-6,10H2,1H3,(H,18,21)(H,19,20)/t11-,12+/m0/s1. The van der Waals surface area contributed by atoms with E-state index < -0.39 is 0 Å². The fourth-order valence-corrected chi connectivity index (χ4v) is 2.82. The lowest BCUT2D eigenvalue weighted by atomic mass is 9.93. The van der Waals surface area contributed by atoms with E-state index >= 15 is 0 Å². The van der Waals surface area contributed by atoms with Crippen molar-refractivity contribution in [2.24, 2.45) is 5.92 Å². The highest BCUT2D eigenvalue weighted by atomic mass is 16.5. The highest BCUT2D eigenvalue weighted by Crippen LogP contribution is 2.30. The number of fused-ring (bicyclic) bond motifs is 1. The summed E-state index contributed by atoms with van der Waals surface area (Å²) < 4.78 is 5.34. The molecule has 0 radical (unpaired) electrons. The van der Waals surface area contributed by atoms with E-state index in [0.717, 1.165) is 24.8 Å². The molecule has 0 bridgehead atoms. The molecule has 0 aromatic heterocycles. The molecule has 2 N–H and O–H groups in total. The van der Waals surface area contributed by atoms with Gasteiger partial charge in [-0.05, 0) is 43.9 Å². The number of amides is 2. The van der Waals surface area contributed by atoms with Crippen molar-refractivity contribution in [1.82, 2.24) is 5.32 Å². The van der Waals surface area contributed by atoms with Gasteiger partial charge in [0.25, 0.3) is 5.91 Å². The SMILES string of the molecule is C[C@H](NC(=O)[C@@H]1CC=CCC1)c1ccc2c(c1)NC(=O)CO2. The van der Waals surface area contributed by atoms with E-state index in [1.807, 2.05) is 25.1 Å². The molecular weight excluding hydrogens is 280 g/mol. The predicted molar refractivity (Wildman–Crippen MR) is 83.6 cm³/mol. The maximum atomic E-state index is 12.3. The Kier molecular flexibility index (Phi) is 4.13. The third-order valence-corrected chi connectivity index (χ3v) is 4.14. The Morgan fingerprint density at radius 2 is 2.27 bits per heavy atom. The number of nitrogens with one attached hydrogen (secondary N) is 2. The molecule has 0 spiro atoms. The summed E-state index contributed by atoms with van der Waals surface area (Å²) in [6.07, 6.45) is 6.88. The van der Waals surface area contributed by atoms with Crippen molar-refractivity contribution in [3.8, 4) is 5.75 Å². The fraction of sp³-hybridized carbons (Fsp3) is 0.412. The van der Waals surface area contributed by atoms with Crippen molar-refractivity contribution in [2.75, 3.05) is 11.9 Å². The topological polar surface area (TPSA) is 67.4 Å². The molecule has 5 nitrogen and oxygen atoms in total. The minimum absolute atomic E-state index is 0.0494. The van der Waals surface area contributed by atoms with E-state index in [9.17, 15) is 9.59 Å². The van der Waals surface area contributed by atoms with Crippen molar-refractivity contribution in [3.63, 3.8) is 0 Å². The summed E-state index contributed by atoms with van der Waals surface area (Å²) in [5.74, 6) is 0.664. The van der Waals surface area contributed by atoms with Crippen molar-refractivity contribution in [3.05, 3.63) is 35.9 Å². The van der Waals surface area contributed by atoms with Crippen LogP contribution < -0.4 is 15.4 Å². The van der Waals surface area contributed by atoms with E-state index in [0.29, 0.717) is 11.4 Å². The number of ether oxygens (including phenoxy) is 1. The number of rotatable bonds is 3. The lowest BCUT2D eigenvalue weighted by molar-refractivity contribution is -0.126. The van der Waals surface area contributed by atoms with Gasteiger partial charge in [-0.3, -0.25) is 9.59 Å². The Morgan fingerprint density at radius 3 is 3.05 bits per heavy atom. The molecule has 116 valence electrons. The Morgan fingerprint density at radius 1 is 1.41 bits per heavy atom. The van der Waals surface area contributed by atoms with Crippen LogP contribution in [0.2, 0.25) is 0 Å². The predicted octanol–water partition coefficient (Wildman–Crippen LogP) is 2.55. The van der Waals surface area contributed by atoms with Gasteiger partial charge < -0.3 is 15.4 Å². The van der Waals surface area contributed by atoms with Gasteiger partial charge in [0, 0.05) is 5.92 Å². The third-order valence-electron chi connectivity index (χ3n) is 4.14. The Labute approximate surface area is 129 Å². The van der Waals surface area contributed by atoms with Gasteiger partial charge in [-0.1, -0.05) is 18.2 Å². The van der Waals surface area contributed by atoms with Crippen LogP contribution in [0.15, 0.2) is 30.4 Å². The first-order valence-electron chi connectivity index (χ1n) is 7.65. The van der Waals surface area contributed by atoms with E-state index in [4.69, 9.17) is 4.74 Å². The van der Waals surface area contributed by atoms with E-state index in [2.05, 4.69) is 22.8 Å². The molecule has 22 heavy (non-hydrogen) atoms. The highest BCUT2D eigenvalue weighted by Gasteiger charge is 2.22. The summed E-state index contributed by atoms with van der Waals surface area (Å²) in [4.78, 5) is 23.7. The van der Waals surface area contributed by atoms with Gasteiger partial charge in [0.1, 0.15) is 5.75 Å². The number of hydrogen-bond donors (Lipinski definition) is 2. The van der Waals surface area contributed by atoms with Gasteiger partial charge in [-0.2, -0.15) is 0 Å².